The summed E-state index contributed by atoms with van der Waals surface area (Å²) < 4.78 is 13.4. The molecule has 0 aromatic heterocycles. The number of halogens is 1. The zero-order valence-electron chi connectivity index (χ0n) is 10.6. The number of hydrogen-bond donors (Lipinski definition) is 1. The number of nitrogens with zero attached hydrogens (tertiary/aromatic N) is 1. The summed E-state index contributed by atoms with van der Waals surface area (Å²) in [6.07, 6.45) is 0. The van der Waals surface area contributed by atoms with Gasteiger partial charge < -0.3 is 5.32 Å². The Morgan fingerprint density at radius 3 is 2.65 bits per heavy atom. The molecular formula is C14H19FN2. The van der Waals surface area contributed by atoms with Gasteiger partial charge in [0.25, 0.3) is 0 Å². The fraction of sp³-hybridized carbons (Fsp3) is 0.500. The van der Waals surface area contributed by atoms with E-state index in [1.807, 2.05) is 6.07 Å². The molecule has 1 aromatic carbocycles. The lowest BCUT2D eigenvalue weighted by Crippen LogP contribution is -2.24. The molecule has 1 atom stereocenters. The van der Waals surface area contributed by atoms with E-state index in [-0.39, 0.29) is 5.82 Å². The first-order valence-electron chi connectivity index (χ1n) is 5.93. The van der Waals surface area contributed by atoms with Gasteiger partial charge in [-0.1, -0.05) is 20.8 Å². The first-order chi connectivity index (χ1) is 8.04. The standard InChI is InChI=1S/C14H19FN2/c1-10(2)11(3)8-17-9-13-6-12(7-16)4-5-14(13)15/h4-6,10-11,17H,8-9H2,1-3H3. The monoisotopic (exact) mass is 234 g/mol. The third kappa shape index (κ3) is 4.16. The highest BCUT2D eigenvalue weighted by Crippen LogP contribution is 2.11. The highest BCUT2D eigenvalue weighted by molar-refractivity contribution is 5.33. The Kier molecular flexibility index (Phi) is 5.11. The number of nitriles is 1. The Morgan fingerprint density at radius 2 is 2.06 bits per heavy atom. The average Bonchev–Trinajstić information content (AvgIpc) is 2.31. The largest absolute Gasteiger partial charge is 0.312 e. The van der Waals surface area contributed by atoms with E-state index in [1.54, 1.807) is 6.07 Å². The predicted octanol–water partition coefficient (Wildman–Crippen LogP) is 3.08. The second-order valence-electron chi connectivity index (χ2n) is 4.77. The van der Waals surface area contributed by atoms with Gasteiger partial charge in [-0.2, -0.15) is 5.26 Å². The molecule has 0 bridgehead atoms. The lowest BCUT2D eigenvalue weighted by Gasteiger charge is -2.16. The summed E-state index contributed by atoms with van der Waals surface area (Å²) in [5.74, 6) is 0.906. The molecule has 0 saturated carbocycles. The van der Waals surface area contributed by atoms with Crippen LogP contribution in [-0.2, 0) is 6.54 Å². The minimum atomic E-state index is -0.256. The Morgan fingerprint density at radius 1 is 1.35 bits per heavy atom. The predicted molar refractivity (Wildman–Crippen MR) is 66.8 cm³/mol. The van der Waals surface area contributed by atoms with Crippen molar-refractivity contribution in [3.05, 3.63) is 35.1 Å². The molecule has 0 fully saturated rings. The van der Waals surface area contributed by atoms with E-state index < -0.39 is 0 Å². The molecule has 0 aliphatic heterocycles. The Balaban J connectivity index is 2.55. The van der Waals surface area contributed by atoms with Crippen molar-refractivity contribution in [1.82, 2.24) is 5.32 Å². The summed E-state index contributed by atoms with van der Waals surface area (Å²) >= 11 is 0. The number of nitrogens with one attached hydrogen (secondary N) is 1. The lowest BCUT2D eigenvalue weighted by molar-refractivity contribution is 0.391. The minimum Gasteiger partial charge on any atom is -0.312 e. The Hall–Kier alpha value is -1.40. The molecule has 0 spiro atoms. The second-order valence-corrected chi connectivity index (χ2v) is 4.77. The van der Waals surface area contributed by atoms with Gasteiger partial charge in [0.2, 0.25) is 0 Å². The number of rotatable bonds is 5. The van der Waals surface area contributed by atoms with E-state index in [1.165, 1.54) is 12.1 Å². The van der Waals surface area contributed by atoms with Gasteiger partial charge in [0.05, 0.1) is 11.6 Å². The van der Waals surface area contributed by atoms with Crippen molar-refractivity contribution in [1.29, 1.82) is 5.26 Å². The van der Waals surface area contributed by atoms with Crippen LogP contribution in [0.2, 0.25) is 0 Å². The molecule has 0 heterocycles. The van der Waals surface area contributed by atoms with Crippen LogP contribution in [0, 0.1) is 29.0 Å². The fourth-order valence-electron chi connectivity index (χ4n) is 1.45. The summed E-state index contributed by atoms with van der Waals surface area (Å²) in [6.45, 7) is 7.83. The molecule has 2 nitrogen and oxygen atoms in total. The van der Waals surface area contributed by atoms with E-state index in [2.05, 4.69) is 26.1 Å². The van der Waals surface area contributed by atoms with E-state index in [4.69, 9.17) is 5.26 Å². The molecule has 1 rings (SSSR count). The Labute approximate surface area is 102 Å². The molecule has 0 amide bonds. The van der Waals surface area contributed by atoms with Crippen molar-refractivity contribution < 1.29 is 4.39 Å². The smallest absolute Gasteiger partial charge is 0.127 e. The van der Waals surface area contributed by atoms with Crippen molar-refractivity contribution >= 4 is 0 Å². The maximum absolute atomic E-state index is 13.4. The normalized spacial score (nSPS) is 12.5. The van der Waals surface area contributed by atoms with E-state index in [0.29, 0.717) is 29.5 Å². The molecule has 0 aliphatic carbocycles. The van der Waals surface area contributed by atoms with Crippen LogP contribution in [-0.4, -0.2) is 6.54 Å². The minimum absolute atomic E-state index is 0.256. The van der Waals surface area contributed by atoms with Crippen molar-refractivity contribution in [2.45, 2.75) is 27.3 Å². The van der Waals surface area contributed by atoms with Crippen LogP contribution >= 0.6 is 0 Å². The molecule has 1 aromatic rings. The van der Waals surface area contributed by atoms with Crippen molar-refractivity contribution in [2.75, 3.05) is 6.54 Å². The van der Waals surface area contributed by atoms with Crippen LogP contribution in [0.1, 0.15) is 31.9 Å². The van der Waals surface area contributed by atoms with E-state index >= 15 is 0 Å². The van der Waals surface area contributed by atoms with Crippen LogP contribution in [0.3, 0.4) is 0 Å². The maximum Gasteiger partial charge on any atom is 0.127 e. The first-order valence-corrected chi connectivity index (χ1v) is 5.93. The van der Waals surface area contributed by atoms with Gasteiger partial charge >= 0.3 is 0 Å². The molecule has 0 radical (unpaired) electrons. The van der Waals surface area contributed by atoms with Crippen molar-refractivity contribution in [3.8, 4) is 6.07 Å². The molecular weight excluding hydrogens is 215 g/mol. The van der Waals surface area contributed by atoms with Crippen LogP contribution in [0.4, 0.5) is 4.39 Å². The van der Waals surface area contributed by atoms with E-state index in [9.17, 15) is 4.39 Å². The summed E-state index contributed by atoms with van der Waals surface area (Å²) in [4.78, 5) is 0. The van der Waals surface area contributed by atoms with Crippen LogP contribution in [0.5, 0.6) is 0 Å². The molecule has 3 heteroatoms. The van der Waals surface area contributed by atoms with Crippen LogP contribution in [0.15, 0.2) is 18.2 Å². The molecule has 0 aliphatic rings. The zero-order chi connectivity index (χ0) is 12.8. The van der Waals surface area contributed by atoms with Gasteiger partial charge in [-0.25, -0.2) is 4.39 Å². The fourth-order valence-corrected chi connectivity index (χ4v) is 1.45. The van der Waals surface area contributed by atoms with Crippen LogP contribution < -0.4 is 5.32 Å². The molecule has 92 valence electrons. The highest BCUT2D eigenvalue weighted by atomic mass is 19.1. The van der Waals surface area contributed by atoms with Gasteiger partial charge in [-0.15, -0.1) is 0 Å². The van der Waals surface area contributed by atoms with Gasteiger partial charge in [0.15, 0.2) is 0 Å². The summed E-state index contributed by atoms with van der Waals surface area (Å²) in [5, 5.41) is 12.0. The van der Waals surface area contributed by atoms with Gasteiger partial charge in [-0.05, 0) is 36.6 Å². The number of benzene rings is 1. The zero-order valence-corrected chi connectivity index (χ0v) is 10.6. The topological polar surface area (TPSA) is 35.8 Å². The third-order valence-electron chi connectivity index (χ3n) is 3.09. The quantitative estimate of drug-likeness (QED) is 0.849. The Bertz CT molecular complexity index is 407. The number of hydrogen-bond acceptors (Lipinski definition) is 2. The summed E-state index contributed by atoms with van der Waals surface area (Å²) in [6, 6.07) is 6.46. The van der Waals surface area contributed by atoms with Crippen molar-refractivity contribution in [2.24, 2.45) is 11.8 Å². The van der Waals surface area contributed by atoms with Gasteiger partial charge in [0.1, 0.15) is 5.82 Å². The SMILES string of the molecule is CC(C)C(C)CNCc1cc(C#N)ccc1F. The molecule has 1 unspecified atom stereocenters. The van der Waals surface area contributed by atoms with Gasteiger partial charge in [0, 0.05) is 12.1 Å². The van der Waals surface area contributed by atoms with Crippen LogP contribution in [0.25, 0.3) is 0 Å². The summed E-state index contributed by atoms with van der Waals surface area (Å²) in [7, 11) is 0. The molecule has 1 N–H and O–H groups in total. The highest BCUT2D eigenvalue weighted by Gasteiger charge is 2.07. The molecule has 0 saturated heterocycles. The third-order valence-corrected chi connectivity index (χ3v) is 3.09. The lowest BCUT2D eigenvalue weighted by atomic mass is 9.98. The van der Waals surface area contributed by atoms with Crippen molar-refractivity contribution in [3.63, 3.8) is 0 Å². The summed E-state index contributed by atoms with van der Waals surface area (Å²) in [5.41, 5.74) is 1.06. The second kappa shape index (κ2) is 6.36. The maximum atomic E-state index is 13.4. The van der Waals surface area contributed by atoms with E-state index in [0.717, 1.165) is 6.54 Å². The first kappa shape index (κ1) is 13.7. The molecule has 17 heavy (non-hydrogen) atoms. The van der Waals surface area contributed by atoms with Gasteiger partial charge in [-0.3, -0.25) is 0 Å². The average molecular weight is 234 g/mol.